The Bertz CT molecular complexity index is 847. The Morgan fingerprint density at radius 1 is 1.04 bits per heavy atom. The van der Waals surface area contributed by atoms with E-state index in [1.165, 1.54) is 6.33 Å². The largest absolute Gasteiger partial charge is 0.327 e. The van der Waals surface area contributed by atoms with E-state index in [0.717, 1.165) is 23.5 Å². The second-order valence-corrected chi connectivity index (χ2v) is 5.66. The molecule has 1 N–H and O–H groups in total. The Labute approximate surface area is 147 Å². The number of aryl methyl sites for hydroxylation is 1. The highest BCUT2D eigenvalue weighted by atomic mass is 16.1. The van der Waals surface area contributed by atoms with E-state index in [0.29, 0.717) is 11.5 Å². The van der Waals surface area contributed by atoms with Gasteiger partial charge in [0.05, 0.1) is 0 Å². The van der Waals surface area contributed by atoms with Crippen LogP contribution >= 0.6 is 0 Å². The molecular weight excluding hydrogens is 312 g/mol. The van der Waals surface area contributed by atoms with Crippen LogP contribution in [-0.2, 0) is 0 Å². The molecule has 0 spiro atoms. The monoisotopic (exact) mass is 332 g/mol. The number of hydrogen-bond donors (Lipinski definition) is 1. The van der Waals surface area contributed by atoms with Gasteiger partial charge in [-0.15, -0.1) is 0 Å². The van der Waals surface area contributed by atoms with Crippen molar-refractivity contribution in [1.82, 2.24) is 9.97 Å². The number of carbonyl (C=O) groups excluding carboxylic acids is 1. The number of nitrogens with zero attached hydrogens (tertiary/aromatic N) is 3. The molecule has 0 saturated heterocycles. The Hall–Kier alpha value is -3.21. The van der Waals surface area contributed by atoms with Gasteiger partial charge in [-0.2, -0.15) is 0 Å². The Morgan fingerprint density at radius 2 is 1.76 bits per heavy atom. The lowest BCUT2D eigenvalue weighted by atomic mass is 10.2. The number of carbonyl (C=O) groups is 1. The molecule has 0 aliphatic carbocycles. The lowest BCUT2D eigenvalue weighted by Gasteiger charge is -2.22. The Balaban J connectivity index is 1.83. The van der Waals surface area contributed by atoms with E-state index < -0.39 is 0 Å². The smallest absolute Gasteiger partial charge is 0.274 e. The standard InChI is InChI=1S/C20H20N4O/c1-3-24(17-7-5-4-6-8-17)19-13-18(21-14-22-19)20(25)23-16-11-9-15(2)10-12-16/h4-14H,3H2,1-2H3,(H,23,25). The zero-order valence-electron chi connectivity index (χ0n) is 14.3. The summed E-state index contributed by atoms with van der Waals surface area (Å²) in [6, 6.07) is 19.3. The first kappa shape index (κ1) is 16.6. The molecule has 1 heterocycles. The third kappa shape index (κ3) is 4.01. The second-order valence-electron chi connectivity index (χ2n) is 5.66. The number of aromatic nitrogens is 2. The number of hydrogen-bond acceptors (Lipinski definition) is 4. The molecule has 3 aromatic rings. The molecule has 0 unspecified atom stereocenters. The molecule has 25 heavy (non-hydrogen) atoms. The van der Waals surface area contributed by atoms with Crippen molar-refractivity contribution in [3.05, 3.63) is 78.2 Å². The predicted molar refractivity (Wildman–Crippen MR) is 100 cm³/mol. The van der Waals surface area contributed by atoms with Crippen LogP contribution in [0.25, 0.3) is 0 Å². The molecule has 5 nitrogen and oxygen atoms in total. The van der Waals surface area contributed by atoms with Crippen molar-refractivity contribution in [2.45, 2.75) is 13.8 Å². The first-order valence-corrected chi connectivity index (χ1v) is 8.20. The summed E-state index contributed by atoms with van der Waals surface area (Å²) in [5, 5.41) is 2.86. The SMILES string of the molecule is CCN(c1ccccc1)c1cc(C(=O)Nc2ccc(C)cc2)ncn1. The van der Waals surface area contributed by atoms with Crippen LogP contribution in [0.1, 0.15) is 23.0 Å². The lowest BCUT2D eigenvalue weighted by molar-refractivity contribution is 0.102. The van der Waals surface area contributed by atoms with E-state index in [-0.39, 0.29) is 5.91 Å². The van der Waals surface area contributed by atoms with Gasteiger partial charge in [0.15, 0.2) is 0 Å². The van der Waals surface area contributed by atoms with Crippen LogP contribution in [0.4, 0.5) is 17.2 Å². The predicted octanol–water partition coefficient (Wildman–Crippen LogP) is 4.20. The van der Waals surface area contributed by atoms with E-state index in [1.54, 1.807) is 6.07 Å². The third-order valence-electron chi connectivity index (χ3n) is 3.86. The minimum absolute atomic E-state index is 0.253. The maximum absolute atomic E-state index is 12.5. The fourth-order valence-electron chi connectivity index (χ4n) is 2.54. The maximum atomic E-state index is 12.5. The minimum Gasteiger partial charge on any atom is -0.327 e. The maximum Gasteiger partial charge on any atom is 0.274 e. The van der Waals surface area contributed by atoms with Crippen molar-refractivity contribution in [3.8, 4) is 0 Å². The summed E-state index contributed by atoms with van der Waals surface area (Å²) < 4.78 is 0. The van der Waals surface area contributed by atoms with Gasteiger partial charge < -0.3 is 10.2 Å². The summed E-state index contributed by atoms with van der Waals surface area (Å²) in [7, 11) is 0. The van der Waals surface area contributed by atoms with Gasteiger partial charge in [0.2, 0.25) is 0 Å². The molecule has 1 amide bonds. The van der Waals surface area contributed by atoms with E-state index in [9.17, 15) is 4.79 Å². The molecule has 0 atom stereocenters. The van der Waals surface area contributed by atoms with Crippen LogP contribution in [-0.4, -0.2) is 22.4 Å². The van der Waals surface area contributed by atoms with Crippen LogP contribution in [0.3, 0.4) is 0 Å². The number of anilines is 3. The Morgan fingerprint density at radius 3 is 2.44 bits per heavy atom. The minimum atomic E-state index is -0.253. The quantitative estimate of drug-likeness (QED) is 0.761. The van der Waals surface area contributed by atoms with Gasteiger partial charge in [-0.05, 0) is 38.1 Å². The van der Waals surface area contributed by atoms with Crippen LogP contribution in [0.5, 0.6) is 0 Å². The third-order valence-corrected chi connectivity index (χ3v) is 3.86. The van der Waals surface area contributed by atoms with E-state index in [4.69, 9.17) is 0 Å². The number of rotatable bonds is 5. The fraction of sp³-hybridized carbons (Fsp3) is 0.150. The summed E-state index contributed by atoms with van der Waals surface area (Å²) in [6.45, 7) is 4.78. The highest BCUT2D eigenvalue weighted by Crippen LogP contribution is 2.23. The molecule has 2 aromatic carbocycles. The molecule has 3 rings (SSSR count). The zero-order chi connectivity index (χ0) is 17.6. The van der Waals surface area contributed by atoms with Gasteiger partial charge in [-0.3, -0.25) is 4.79 Å². The normalized spacial score (nSPS) is 10.3. The van der Waals surface area contributed by atoms with Crippen molar-refractivity contribution in [2.75, 3.05) is 16.8 Å². The molecule has 0 fully saturated rings. The first-order chi connectivity index (χ1) is 12.2. The van der Waals surface area contributed by atoms with Gasteiger partial charge in [-0.1, -0.05) is 35.9 Å². The molecular formula is C20H20N4O. The molecule has 1 aromatic heterocycles. The van der Waals surface area contributed by atoms with E-state index in [1.807, 2.05) is 73.3 Å². The average Bonchev–Trinajstić information content (AvgIpc) is 2.65. The van der Waals surface area contributed by atoms with Gasteiger partial charge in [0, 0.05) is 24.0 Å². The van der Waals surface area contributed by atoms with Crippen LogP contribution in [0.2, 0.25) is 0 Å². The van der Waals surface area contributed by atoms with Gasteiger partial charge >= 0.3 is 0 Å². The highest BCUT2D eigenvalue weighted by molar-refractivity contribution is 6.03. The average molecular weight is 332 g/mol. The fourth-order valence-corrected chi connectivity index (χ4v) is 2.54. The van der Waals surface area contributed by atoms with Crippen molar-refractivity contribution in [1.29, 1.82) is 0 Å². The molecule has 5 heteroatoms. The second kappa shape index (κ2) is 7.57. The van der Waals surface area contributed by atoms with E-state index >= 15 is 0 Å². The van der Waals surface area contributed by atoms with Crippen molar-refractivity contribution in [2.24, 2.45) is 0 Å². The van der Waals surface area contributed by atoms with Crippen molar-refractivity contribution in [3.63, 3.8) is 0 Å². The molecule has 0 aliphatic heterocycles. The topological polar surface area (TPSA) is 58.1 Å². The molecule has 0 radical (unpaired) electrons. The summed E-state index contributed by atoms with van der Waals surface area (Å²) in [5.74, 6) is 0.439. The van der Waals surface area contributed by atoms with Gasteiger partial charge in [0.25, 0.3) is 5.91 Å². The number of benzene rings is 2. The summed E-state index contributed by atoms with van der Waals surface area (Å²) in [5.41, 5.74) is 3.24. The summed E-state index contributed by atoms with van der Waals surface area (Å²) >= 11 is 0. The lowest BCUT2D eigenvalue weighted by Crippen LogP contribution is -2.20. The van der Waals surface area contributed by atoms with Crippen LogP contribution < -0.4 is 10.2 Å². The van der Waals surface area contributed by atoms with Gasteiger partial charge in [-0.25, -0.2) is 9.97 Å². The molecule has 0 aliphatic rings. The van der Waals surface area contributed by atoms with Crippen LogP contribution in [0.15, 0.2) is 67.0 Å². The number of amides is 1. The van der Waals surface area contributed by atoms with Crippen LogP contribution in [0, 0.1) is 6.92 Å². The van der Waals surface area contributed by atoms with E-state index in [2.05, 4.69) is 15.3 Å². The highest BCUT2D eigenvalue weighted by Gasteiger charge is 2.13. The number of nitrogens with one attached hydrogen (secondary N) is 1. The first-order valence-electron chi connectivity index (χ1n) is 8.20. The van der Waals surface area contributed by atoms with Crippen molar-refractivity contribution < 1.29 is 4.79 Å². The summed E-state index contributed by atoms with van der Waals surface area (Å²) in [6.07, 6.45) is 1.42. The summed E-state index contributed by atoms with van der Waals surface area (Å²) in [4.78, 5) is 22.9. The Kier molecular flexibility index (Phi) is 5.04. The zero-order valence-corrected chi connectivity index (χ0v) is 14.3. The molecule has 0 bridgehead atoms. The molecule has 0 saturated carbocycles. The van der Waals surface area contributed by atoms with Crippen molar-refractivity contribution >= 4 is 23.1 Å². The molecule has 126 valence electrons. The van der Waals surface area contributed by atoms with Gasteiger partial charge in [0.1, 0.15) is 17.8 Å². The number of para-hydroxylation sites is 1.